The van der Waals surface area contributed by atoms with Gasteiger partial charge in [0.15, 0.2) is 5.82 Å². The Morgan fingerprint density at radius 2 is 1.73 bits per heavy atom. The summed E-state index contributed by atoms with van der Waals surface area (Å²) >= 11 is 0. The zero-order chi connectivity index (χ0) is 21.5. The molecule has 1 fully saturated rings. The second-order valence-corrected chi connectivity index (χ2v) is 9.98. The number of fused-ring (bicyclic) bond motifs is 1. The Balaban J connectivity index is 1.59. The summed E-state index contributed by atoms with van der Waals surface area (Å²) in [5.74, 6) is 1.66. The first-order chi connectivity index (χ1) is 14.2. The lowest BCUT2D eigenvalue weighted by Gasteiger charge is -2.42. The Morgan fingerprint density at radius 1 is 1.07 bits per heavy atom. The Kier molecular flexibility index (Phi) is 5.20. The fraction of sp³-hybridized carbons (Fsp3) is 0.542. The van der Waals surface area contributed by atoms with Crippen LogP contribution in [0.4, 0.5) is 10.6 Å². The van der Waals surface area contributed by atoms with E-state index in [-0.39, 0.29) is 16.9 Å². The van der Waals surface area contributed by atoms with Gasteiger partial charge in [0.1, 0.15) is 5.82 Å². The van der Waals surface area contributed by atoms with Crippen molar-refractivity contribution in [3.8, 4) is 11.4 Å². The summed E-state index contributed by atoms with van der Waals surface area (Å²) in [4.78, 5) is 22.5. The standard InChI is InChI=1S/C24H32N4O2/c1-23(2)10-11-24(3,4)19-15-16(5-6-18(19)23)21-25-12-7-20(27-21)28-13-8-17(9-14-28)26-22(29)30/h5-7,12,15,17,26H,8-11,13-14H2,1-4H3,(H,29,30). The average molecular weight is 409 g/mol. The molecule has 0 atom stereocenters. The largest absolute Gasteiger partial charge is 0.465 e. The van der Waals surface area contributed by atoms with Crippen molar-refractivity contribution in [3.05, 3.63) is 41.6 Å². The summed E-state index contributed by atoms with van der Waals surface area (Å²) in [6.45, 7) is 10.9. The van der Waals surface area contributed by atoms with Gasteiger partial charge in [0.25, 0.3) is 0 Å². The first-order valence-corrected chi connectivity index (χ1v) is 10.9. The van der Waals surface area contributed by atoms with Gasteiger partial charge in [-0.2, -0.15) is 0 Å². The maximum atomic E-state index is 10.9. The van der Waals surface area contributed by atoms with Gasteiger partial charge in [0.2, 0.25) is 0 Å². The van der Waals surface area contributed by atoms with Crippen LogP contribution in [0.1, 0.15) is 64.5 Å². The maximum Gasteiger partial charge on any atom is 0.404 e. The van der Waals surface area contributed by atoms with Crippen molar-refractivity contribution in [1.29, 1.82) is 0 Å². The number of benzene rings is 1. The Morgan fingerprint density at radius 3 is 2.40 bits per heavy atom. The van der Waals surface area contributed by atoms with Crippen molar-refractivity contribution < 1.29 is 9.90 Å². The predicted molar refractivity (Wildman–Crippen MR) is 119 cm³/mol. The summed E-state index contributed by atoms with van der Waals surface area (Å²) in [6, 6.07) is 8.68. The number of aromatic nitrogens is 2. The van der Waals surface area contributed by atoms with E-state index in [2.05, 4.69) is 61.1 Å². The minimum Gasteiger partial charge on any atom is -0.465 e. The van der Waals surface area contributed by atoms with Crippen molar-refractivity contribution in [2.45, 2.75) is 70.3 Å². The fourth-order valence-electron chi connectivity index (χ4n) is 4.82. The van der Waals surface area contributed by atoms with Crippen LogP contribution in [-0.4, -0.2) is 40.3 Å². The van der Waals surface area contributed by atoms with Crippen molar-refractivity contribution >= 4 is 11.9 Å². The quantitative estimate of drug-likeness (QED) is 0.768. The molecule has 6 nitrogen and oxygen atoms in total. The molecule has 0 radical (unpaired) electrons. The van der Waals surface area contributed by atoms with Gasteiger partial charge in [-0.25, -0.2) is 14.8 Å². The topological polar surface area (TPSA) is 78.4 Å². The lowest BCUT2D eigenvalue weighted by molar-refractivity contribution is 0.187. The van der Waals surface area contributed by atoms with Crippen molar-refractivity contribution in [2.24, 2.45) is 0 Å². The SMILES string of the molecule is CC1(C)CCC(C)(C)c2cc(-c3nccc(N4CCC(NC(=O)O)CC4)n3)ccc21. The van der Waals surface area contributed by atoms with E-state index in [1.165, 1.54) is 24.0 Å². The number of anilines is 1. The number of nitrogens with one attached hydrogen (secondary N) is 1. The van der Waals surface area contributed by atoms with Gasteiger partial charge >= 0.3 is 6.09 Å². The number of piperidine rings is 1. The Bertz CT molecular complexity index is 946. The van der Waals surface area contributed by atoms with E-state index in [1.807, 2.05) is 12.3 Å². The van der Waals surface area contributed by atoms with E-state index in [4.69, 9.17) is 10.1 Å². The van der Waals surface area contributed by atoms with Gasteiger partial charge in [0, 0.05) is 30.9 Å². The van der Waals surface area contributed by atoms with Crippen LogP contribution < -0.4 is 10.2 Å². The van der Waals surface area contributed by atoms with Gasteiger partial charge in [-0.15, -0.1) is 0 Å². The number of amides is 1. The Labute approximate surface area is 178 Å². The minimum absolute atomic E-state index is 0.0197. The second kappa shape index (κ2) is 7.56. The van der Waals surface area contributed by atoms with Crippen molar-refractivity contribution in [2.75, 3.05) is 18.0 Å². The third kappa shape index (κ3) is 4.00. The van der Waals surface area contributed by atoms with Crippen molar-refractivity contribution in [3.63, 3.8) is 0 Å². The molecule has 2 aromatic rings. The normalized spacial score (nSPS) is 20.5. The number of nitrogens with zero attached hydrogens (tertiary/aromatic N) is 3. The molecule has 0 spiro atoms. The number of carboxylic acid groups (broad SMARTS) is 1. The third-order valence-electron chi connectivity index (χ3n) is 6.90. The molecule has 1 saturated heterocycles. The monoisotopic (exact) mass is 408 g/mol. The lowest BCUT2D eigenvalue weighted by atomic mass is 9.63. The number of hydrogen-bond donors (Lipinski definition) is 2. The third-order valence-corrected chi connectivity index (χ3v) is 6.90. The van der Waals surface area contributed by atoms with E-state index in [1.54, 1.807) is 0 Å². The van der Waals surface area contributed by atoms with E-state index >= 15 is 0 Å². The first-order valence-electron chi connectivity index (χ1n) is 10.9. The van der Waals surface area contributed by atoms with E-state index in [9.17, 15) is 4.79 Å². The highest BCUT2D eigenvalue weighted by atomic mass is 16.4. The molecule has 0 bridgehead atoms. The molecule has 4 rings (SSSR count). The number of carbonyl (C=O) groups is 1. The predicted octanol–water partition coefficient (Wildman–Crippen LogP) is 4.73. The summed E-state index contributed by atoms with van der Waals surface area (Å²) in [5.41, 5.74) is 4.25. The zero-order valence-corrected chi connectivity index (χ0v) is 18.4. The van der Waals surface area contributed by atoms with Crippen LogP contribution in [0.5, 0.6) is 0 Å². The molecule has 2 aliphatic rings. The summed E-state index contributed by atoms with van der Waals surface area (Å²) < 4.78 is 0. The molecule has 1 aromatic heterocycles. The highest BCUT2D eigenvalue weighted by Gasteiger charge is 2.37. The van der Waals surface area contributed by atoms with Gasteiger partial charge in [-0.1, -0.05) is 39.8 Å². The first kappa shape index (κ1) is 20.6. The Hall–Kier alpha value is -2.63. The molecule has 0 saturated carbocycles. The maximum absolute atomic E-state index is 10.9. The second-order valence-electron chi connectivity index (χ2n) is 9.98. The highest BCUT2D eigenvalue weighted by molar-refractivity contribution is 5.65. The van der Waals surface area contributed by atoms with Gasteiger partial charge < -0.3 is 15.3 Å². The molecular formula is C24H32N4O2. The van der Waals surface area contributed by atoms with E-state index in [0.29, 0.717) is 0 Å². The average Bonchev–Trinajstić information content (AvgIpc) is 2.71. The number of rotatable bonds is 3. The summed E-state index contributed by atoms with van der Waals surface area (Å²) in [7, 11) is 0. The lowest BCUT2D eigenvalue weighted by Crippen LogP contribution is -2.44. The van der Waals surface area contributed by atoms with Crippen LogP contribution in [0.2, 0.25) is 0 Å². The molecule has 1 aliphatic carbocycles. The molecule has 2 heterocycles. The molecule has 2 N–H and O–H groups in total. The fourth-order valence-corrected chi connectivity index (χ4v) is 4.82. The molecule has 0 unspecified atom stereocenters. The van der Waals surface area contributed by atoms with E-state index in [0.717, 1.165) is 43.1 Å². The molecule has 6 heteroatoms. The minimum atomic E-state index is -0.948. The van der Waals surface area contributed by atoms with Gasteiger partial charge in [-0.3, -0.25) is 0 Å². The van der Waals surface area contributed by atoms with Gasteiger partial charge in [-0.05, 0) is 59.8 Å². The molecule has 1 aliphatic heterocycles. The molecule has 160 valence electrons. The van der Waals surface area contributed by atoms with E-state index < -0.39 is 6.09 Å². The van der Waals surface area contributed by atoms with Crippen LogP contribution in [-0.2, 0) is 10.8 Å². The van der Waals surface area contributed by atoms with Gasteiger partial charge in [0.05, 0.1) is 0 Å². The molecule has 30 heavy (non-hydrogen) atoms. The summed E-state index contributed by atoms with van der Waals surface area (Å²) in [5, 5.41) is 11.5. The van der Waals surface area contributed by atoms with Crippen LogP contribution in [0, 0.1) is 0 Å². The number of hydrogen-bond acceptors (Lipinski definition) is 4. The molecular weight excluding hydrogens is 376 g/mol. The highest BCUT2D eigenvalue weighted by Crippen LogP contribution is 2.46. The van der Waals surface area contributed by atoms with Crippen LogP contribution in [0.25, 0.3) is 11.4 Å². The molecule has 1 amide bonds. The zero-order valence-electron chi connectivity index (χ0n) is 18.4. The van der Waals surface area contributed by atoms with Crippen LogP contribution in [0.3, 0.4) is 0 Å². The van der Waals surface area contributed by atoms with Crippen LogP contribution in [0.15, 0.2) is 30.5 Å². The smallest absolute Gasteiger partial charge is 0.404 e. The summed E-state index contributed by atoms with van der Waals surface area (Å²) in [6.07, 6.45) is 4.83. The molecule has 1 aromatic carbocycles. The van der Waals surface area contributed by atoms with Crippen molar-refractivity contribution in [1.82, 2.24) is 15.3 Å². The van der Waals surface area contributed by atoms with Crippen LogP contribution >= 0.6 is 0 Å².